The molecule has 1 aromatic carbocycles. The van der Waals surface area contributed by atoms with E-state index in [1.165, 1.54) is 16.7 Å². The van der Waals surface area contributed by atoms with Crippen LogP contribution in [0.5, 0.6) is 0 Å². The van der Waals surface area contributed by atoms with Gasteiger partial charge in [-0.15, -0.1) is 0 Å². The summed E-state index contributed by atoms with van der Waals surface area (Å²) in [7, 11) is 0. The highest BCUT2D eigenvalue weighted by molar-refractivity contribution is 5.32. The van der Waals surface area contributed by atoms with E-state index in [4.69, 9.17) is 15.2 Å². The Kier molecular flexibility index (Phi) is 6.33. The second kappa shape index (κ2) is 7.52. The number of hydrogen-bond donors (Lipinski definition) is 1. The molecule has 0 saturated heterocycles. The normalized spacial score (nSPS) is 13.0. The Morgan fingerprint density at radius 3 is 2.56 bits per heavy atom. The minimum atomic E-state index is -0.0658. The van der Waals surface area contributed by atoms with Crippen LogP contribution >= 0.6 is 0 Å². The molecule has 3 nitrogen and oxygen atoms in total. The van der Waals surface area contributed by atoms with Gasteiger partial charge in [0.15, 0.2) is 0 Å². The van der Waals surface area contributed by atoms with Gasteiger partial charge in [0, 0.05) is 0 Å². The number of hydrogen-bond acceptors (Lipinski definition) is 3. The van der Waals surface area contributed by atoms with Gasteiger partial charge in [-0.25, -0.2) is 0 Å². The van der Waals surface area contributed by atoms with E-state index in [1.807, 2.05) is 13.8 Å². The molecule has 0 spiro atoms. The van der Waals surface area contributed by atoms with Crippen LogP contribution in [0.15, 0.2) is 18.2 Å². The van der Waals surface area contributed by atoms with E-state index in [9.17, 15) is 0 Å². The van der Waals surface area contributed by atoms with Gasteiger partial charge < -0.3 is 15.2 Å². The molecule has 0 radical (unpaired) electrons. The molecule has 0 saturated carbocycles. The fourth-order valence-electron chi connectivity index (χ4n) is 1.80. The third-order valence-corrected chi connectivity index (χ3v) is 2.81. The van der Waals surface area contributed by atoms with Crippen LogP contribution < -0.4 is 5.73 Å². The molecule has 0 bridgehead atoms. The molecule has 0 aliphatic carbocycles. The minimum Gasteiger partial charge on any atom is -0.377 e. The summed E-state index contributed by atoms with van der Waals surface area (Å²) in [5.74, 6) is 0. The molecular formula is C15H25NO2. The molecule has 1 aromatic rings. The van der Waals surface area contributed by atoms with Crippen molar-refractivity contribution in [2.75, 3.05) is 19.8 Å². The van der Waals surface area contributed by atoms with Crippen LogP contribution in [0.3, 0.4) is 0 Å². The van der Waals surface area contributed by atoms with E-state index < -0.39 is 0 Å². The molecule has 0 aromatic heterocycles. The second-order valence-corrected chi connectivity index (χ2v) is 4.96. The number of rotatable bonds is 7. The van der Waals surface area contributed by atoms with Gasteiger partial charge in [0.2, 0.25) is 0 Å². The molecule has 1 unspecified atom stereocenters. The van der Waals surface area contributed by atoms with Gasteiger partial charge in [0.05, 0.1) is 32.0 Å². The van der Waals surface area contributed by atoms with Crippen molar-refractivity contribution in [3.63, 3.8) is 0 Å². The smallest absolute Gasteiger partial charge is 0.0703 e. The van der Waals surface area contributed by atoms with Crippen LogP contribution in [-0.2, 0) is 9.47 Å². The maximum absolute atomic E-state index is 6.14. The van der Waals surface area contributed by atoms with E-state index in [-0.39, 0.29) is 12.1 Å². The summed E-state index contributed by atoms with van der Waals surface area (Å²) in [6.07, 6.45) is 0.251. The zero-order valence-corrected chi connectivity index (χ0v) is 11.9. The number of aryl methyl sites for hydroxylation is 2. The third-order valence-electron chi connectivity index (χ3n) is 2.81. The summed E-state index contributed by atoms with van der Waals surface area (Å²) in [6.45, 7) is 9.94. The number of nitrogens with two attached hydrogens (primary N) is 1. The summed E-state index contributed by atoms with van der Waals surface area (Å²) >= 11 is 0. The Labute approximate surface area is 110 Å². The predicted octanol–water partition coefficient (Wildman–Crippen LogP) is 2.74. The van der Waals surface area contributed by atoms with E-state index in [2.05, 4.69) is 32.0 Å². The molecule has 0 heterocycles. The Balaban J connectivity index is 2.36. The molecule has 0 aliphatic rings. The van der Waals surface area contributed by atoms with E-state index in [0.29, 0.717) is 19.8 Å². The van der Waals surface area contributed by atoms with Gasteiger partial charge in [-0.3, -0.25) is 0 Å². The lowest BCUT2D eigenvalue weighted by Crippen LogP contribution is -2.20. The van der Waals surface area contributed by atoms with Crippen LogP contribution in [0.4, 0.5) is 0 Å². The van der Waals surface area contributed by atoms with Gasteiger partial charge in [-0.2, -0.15) is 0 Å². The van der Waals surface area contributed by atoms with Gasteiger partial charge in [-0.05, 0) is 38.8 Å². The van der Waals surface area contributed by atoms with Crippen molar-refractivity contribution in [1.29, 1.82) is 0 Å². The number of ether oxygens (including phenoxy) is 2. The first-order chi connectivity index (χ1) is 8.50. The lowest BCUT2D eigenvalue weighted by atomic mass is 10.00. The summed E-state index contributed by atoms with van der Waals surface area (Å²) in [6, 6.07) is 6.27. The fourth-order valence-corrected chi connectivity index (χ4v) is 1.80. The summed E-state index contributed by atoms with van der Waals surface area (Å²) < 4.78 is 11.0. The average molecular weight is 251 g/mol. The molecule has 1 atom stereocenters. The molecule has 0 aliphatic heterocycles. The quantitative estimate of drug-likeness (QED) is 0.758. The van der Waals surface area contributed by atoms with Crippen LogP contribution in [0.25, 0.3) is 0 Å². The van der Waals surface area contributed by atoms with Crippen molar-refractivity contribution in [3.8, 4) is 0 Å². The topological polar surface area (TPSA) is 44.5 Å². The van der Waals surface area contributed by atoms with Crippen LogP contribution in [-0.4, -0.2) is 25.9 Å². The van der Waals surface area contributed by atoms with Crippen LogP contribution in [0, 0.1) is 13.8 Å². The molecule has 0 fully saturated rings. The Hall–Kier alpha value is -0.900. The fraction of sp³-hybridized carbons (Fsp3) is 0.600. The first-order valence-corrected chi connectivity index (χ1v) is 6.52. The van der Waals surface area contributed by atoms with Gasteiger partial charge in [0.1, 0.15) is 0 Å². The molecule has 0 amide bonds. The Bertz CT molecular complexity index is 364. The van der Waals surface area contributed by atoms with Crippen molar-refractivity contribution >= 4 is 0 Å². The van der Waals surface area contributed by atoms with Gasteiger partial charge in [-0.1, -0.05) is 23.8 Å². The monoisotopic (exact) mass is 251 g/mol. The maximum atomic E-state index is 6.14. The van der Waals surface area contributed by atoms with E-state index in [1.54, 1.807) is 0 Å². The second-order valence-electron chi connectivity index (χ2n) is 4.96. The highest BCUT2D eigenvalue weighted by Gasteiger charge is 2.09. The first kappa shape index (κ1) is 15.2. The van der Waals surface area contributed by atoms with E-state index in [0.717, 1.165) is 0 Å². The van der Waals surface area contributed by atoms with Gasteiger partial charge >= 0.3 is 0 Å². The molecule has 1 rings (SSSR count). The maximum Gasteiger partial charge on any atom is 0.0703 e. The molecule has 3 heteroatoms. The van der Waals surface area contributed by atoms with Crippen molar-refractivity contribution < 1.29 is 9.47 Å². The van der Waals surface area contributed by atoms with Crippen molar-refractivity contribution in [2.45, 2.75) is 39.8 Å². The summed E-state index contributed by atoms with van der Waals surface area (Å²) in [4.78, 5) is 0. The zero-order chi connectivity index (χ0) is 13.5. The highest BCUT2D eigenvalue weighted by Crippen LogP contribution is 2.17. The largest absolute Gasteiger partial charge is 0.377 e. The lowest BCUT2D eigenvalue weighted by molar-refractivity contribution is 0.0161. The van der Waals surface area contributed by atoms with Crippen molar-refractivity contribution in [2.24, 2.45) is 5.73 Å². The molecular weight excluding hydrogens is 226 g/mol. The van der Waals surface area contributed by atoms with Crippen molar-refractivity contribution in [3.05, 3.63) is 34.9 Å². The zero-order valence-electron chi connectivity index (χ0n) is 11.9. The molecule has 102 valence electrons. The average Bonchev–Trinajstić information content (AvgIpc) is 2.31. The van der Waals surface area contributed by atoms with Crippen LogP contribution in [0.1, 0.15) is 36.6 Å². The number of benzene rings is 1. The summed E-state index contributed by atoms with van der Waals surface area (Å²) in [5.41, 5.74) is 9.76. The van der Waals surface area contributed by atoms with Crippen molar-refractivity contribution in [1.82, 2.24) is 0 Å². The first-order valence-electron chi connectivity index (χ1n) is 6.52. The Morgan fingerprint density at radius 1 is 1.17 bits per heavy atom. The summed E-state index contributed by atoms with van der Waals surface area (Å²) in [5, 5.41) is 0. The third kappa shape index (κ3) is 5.17. The van der Waals surface area contributed by atoms with Crippen LogP contribution in [0.2, 0.25) is 0 Å². The lowest BCUT2D eigenvalue weighted by Gasteiger charge is -2.16. The van der Waals surface area contributed by atoms with Gasteiger partial charge in [0.25, 0.3) is 0 Å². The highest BCUT2D eigenvalue weighted by atomic mass is 16.5. The minimum absolute atomic E-state index is 0.0658. The predicted molar refractivity (Wildman–Crippen MR) is 74.8 cm³/mol. The molecule has 18 heavy (non-hydrogen) atoms. The standard InChI is InChI=1S/C15H25NO2/c1-11(2)18-8-7-17-10-15(16)14-9-12(3)5-6-13(14)4/h5-6,9,11,15H,7-8,10,16H2,1-4H3. The van der Waals surface area contributed by atoms with E-state index >= 15 is 0 Å². The SMILES string of the molecule is Cc1ccc(C)c(C(N)COCCOC(C)C)c1. The molecule has 2 N–H and O–H groups in total. The Morgan fingerprint density at radius 2 is 1.89 bits per heavy atom.